The maximum absolute atomic E-state index is 5.70. The summed E-state index contributed by atoms with van der Waals surface area (Å²) in [6, 6.07) is 15.2. The lowest BCUT2D eigenvalue weighted by atomic mass is 9.77. The number of ether oxygens (including phenoxy) is 2. The van der Waals surface area contributed by atoms with Gasteiger partial charge in [0.05, 0.1) is 14.2 Å². The number of hydrogen-bond donors (Lipinski definition) is 0. The molecule has 1 unspecified atom stereocenters. The fourth-order valence-corrected chi connectivity index (χ4v) is 3.34. The summed E-state index contributed by atoms with van der Waals surface area (Å²) in [6.07, 6.45) is 1.05. The minimum Gasteiger partial charge on any atom is -0.497 e. The first-order chi connectivity index (χ1) is 12.0. The molecule has 0 aliphatic rings. The summed E-state index contributed by atoms with van der Waals surface area (Å²) in [4.78, 5) is 0. The first-order valence-electron chi connectivity index (χ1n) is 9.37. The van der Waals surface area contributed by atoms with Crippen LogP contribution in [0.3, 0.4) is 0 Å². The van der Waals surface area contributed by atoms with Crippen molar-refractivity contribution in [3.05, 3.63) is 59.2 Å². The highest BCUT2D eigenvalue weighted by Crippen LogP contribution is 2.41. The van der Waals surface area contributed by atoms with Crippen molar-refractivity contribution in [2.24, 2.45) is 5.41 Å². The molecule has 0 spiro atoms. The minimum atomic E-state index is 0.163. The number of hydrogen-bond acceptors (Lipinski definition) is 2. The molecule has 142 valence electrons. The van der Waals surface area contributed by atoms with Crippen LogP contribution in [-0.4, -0.2) is 14.2 Å². The molecule has 0 amide bonds. The minimum absolute atomic E-state index is 0.163. The van der Waals surface area contributed by atoms with E-state index in [0.29, 0.717) is 0 Å². The first kappa shape index (κ1) is 20.4. The fourth-order valence-electron chi connectivity index (χ4n) is 3.34. The van der Waals surface area contributed by atoms with Crippen LogP contribution in [0.1, 0.15) is 70.6 Å². The summed E-state index contributed by atoms with van der Waals surface area (Å²) >= 11 is 0. The molecular weight excluding hydrogens is 320 g/mol. The normalized spacial score (nSPS) is 13.4. The van der Waals surface area contributed by atoms with Gasteiger partial charge in [-0.15, -0.1) is 0 Å². The third-order valence-corrected chi connectivity index (χ3v) is 4.81. The zero-order valence-corrected chi connectivity index (χ0v) is 17.6. The van der Waals surface area contributed by atoms with Gasteiger partial charge in [-0.25, -0.2) is 0 Å². The molecule has 0 aliphatic carbocycles. The Morgan fingerprint density at radius 3 is 1.88 bits per heavy atom. The van der Waals surface area contributed by atoms with Crippen LogP contribution in [-0.2, 0) is 5.41 Å². The second-order valence-electron chi connectivity index (χ2n) is 9.30. The van der Waals surface area contributed by atoms with Crippen molar-refractivity contribution in [1.82, 2.24) is 0 Å². The Morgan fingerprint density at radius 1 is 0.808 bits per heavy atom. The fraction of sp³-hybridized carbons (Fsp3) is 0.500. The molecular formula is C24H34O2. The predicted molar refractivity (Wildman–Crippen MR) is 111 cm³/mol. The number of benzene rings is 2. The Kier molecular flexibility index (Phi) is 6.05. The monoisotopic (exact) mass is 354 g/mol. The summed E-state index contributed by atoms with van der Waals surface area (Å²) in [5, 5.41) is 0. The van der Waals surface area contributed by atoms with Crippen molar-refractivity contribution in [3.63, 3.8) is 0 Å². The van der Waals surface area contributed by atoms with E-state index < -0.39 is 0 Å². The summed E-state index contributed by atoms with van der Waals surface area (Å²) < 4.78 is 11.1. The Morgan fingerprint density at radius 2 is 1.42 bits per heavy atom. The van der Waals surface area contributed by atoms with Crippen LogP contribution in [0.4, 0.5) is 0 Å². The van der Waals surface area contributed by atoms with E-state index in [9.17, 15) is 0 Å². The zero-order chi connectivity index (χ0) is 19.5. The highest BCUT2D eigenvalue weighted by atomic mass is 16.5. The van der Waals surface area contributed by atoms with Gasteiger partial charge in [0.2, 0.25) is 0 Å². The maximum Gasteiger partial charge on any atom is 0.126 e. The molecule has 2 aromatic carbocycles. The molecule has 0 bridgehead atoms. The highest BCUT2D eigenvalue weighted by Gasteiger charge is 2.25. The molecule has 0 N–H and O–H groups in total. The van der Waals surface area contributed by atoms with Crippen LogP contribution in [0, 0.1) is 5.41 Å². The first-order valence-corrected chi connectivity index (χ1v) is 9.37. The van der Waals surface area contributed by atoms with E-state index in [1.165, 1.54) is 16.7 Å². The topological polar surface area (TPSA) is 18.5 Å². The smallest absolute Gasteiger partial charge is 0.126 e. The Bertz CT molecular complexity index is 715. The van der Waals surface area contributed by atoms with Crippen LogP contribution >= 0.6 is 0 Å². The van der Waals surface area contributed by atoms with Crippen molar-refractivity contribution in [2.75, 3.05) is 14.2 Å². The van der Waals surface area contributed by atoms with Gasteiger partial charge >= 0.3 is 0 Å². The Balaban J connectivity index is 2.51. The number of rotatable bonds is 5. The van der Waals surface area contributed by atoms with E-state index in [1.807, 2.05) is 12.1 Å². The van der Waals surface area contributed by atoms with Gasteiger partial charge in [0.1, 0.15) is 11.5 Å². The summed E-state index contributed by atoms with van der Waals surface area (Å²) in [5.41, 5.74) is 4.27. The predicted octanol–water partition coefficient (Wildman–Crippen LogP) is 6.57. The average molecular weight is 355 g/mol. The summed E-state index contributed by atoms with van der Waals surface area (Å²) in [5.74, 6) is 1.99. The molecule has 2 rings (SSSR count). The van der Waals surface area contributed by atoms with Gasteiger partial charge in [-0.2, -0.15) is 0 Å². The van der Waals surface area contributed by atoms with Crippen LogP contribution in [0.15, 0.2) is 42.5 Å². The van der Waals surface area contributed by atoms with Gasteiger partial charge in [0.15, 0.2) is 0 Å². The molecule has 0 aromatic heterocycles. The van der Waals surface area contributed by atoms with Gasteiger partial charge < -0.3 is 9.47 Å². The van der Waals surface area contributed by atoms with Gasteiger partial charge in [0.25, 0.3) is 0 Å². The highest BCUT2D eigenvalue weighted by molar-refractivity contribution is 5.47. The Labute approximate surface area is 159 Å². The van der Waals surface area contributed by atoms with Crippen molar-refractivity contribution in [3.8, 4) is 11.5 Å². The van der Waals surface area contributed by atoms with E-state index >= 15 is 0 Å². The lowest BCUT2D eigenvalue weighted by Gasteiger charge is -2.29. The molecule has 0 saturated carbocycles. The van der Waals surface area contributed by atoms with Gasteiger partial charge in [0, 0.05) is 17.5 Å². The third-order valence-electron chi connectivity index (χ3n) is 4.81. The van der Waals surface area contributed by atoms with E-state index in [0.717, 1.165) is 17.9 Å². The SMILES string of the molecule is COc1ccc(C(CC(C)(C)C)c2ccc(C(C)(C)C)cc2)c(OC)c1. The van der Waals surface area contributed by atoms with Crippen LogP contribution < -0.4 is 9.47 Å². The van der Waals surface area contributed by atoms with Crippen LogP contribution in [0.2, 0.25) is 0 Å². The lowest BCUT2D eigenvalue weighted by molar-refractivity contribution is 0.347. The molecule has 0 radical (unpaired) electrons. The van der Waals surface area contributed by atoms with E-state index in [2.05, 4.69) is 71.9 Å². The second-order valence-corrected chi connectivity index (χ2v) is 9.30. The van der Waals surface area contributed by atoms with Crippen molar-refractivity contribution < 1.29 is 9.47 Å². The lowest BCUT2D eigenvalue weighted by Crippen LogP contribution is -2.15. The summed E-state index contributed by atoms with van der Waals surface area (Å²) in [7, 11) is 3.42. The Hall–Kier alpha value is -1.96. The largest absolute Gasteiger partial charge is 0.497 e. The van der Waals surface area contributed by atoms with Gasteiger partial charge in [-0.3, -0.25) is 0 Å². The maximum atomic E-state index is 5.70. The quantitative estimate of drug-likeness (QED) is 0.604. The van der Waals surface area contributed by atoms with Crippen LogP contribution in [0.5, 0.6) is 11.5 Å². The third kappa shape index (κ3) is 5.03. The molecule has 0 fully saturated rings. The zero-order valence-electron chi connectivity index (χ0n) is 17.6. The van der Waals surface area contributed by atoms with Crippen molar-refractivity contribution >= 4 is 0 Å². The average Bonchev–Trinajstić information content (AvgIpc) is 2.57. The summed E-state index contributed by atoms with van der Waals surface area (Å²) in [6.45, 7) is 13.6. The van der Waals surface area contributed by atoms with Crippen molar-refractivity contribution in [2.45, 2.75) is 59.3 Å². The molecule has 1 atom stereocenters. The molecule has 0 heterocycles. The van der Waals surface area contributed by atoms with Crippen molar-refractivity contribution in [1.29, 1.82) is 0 Å². The van der Waals surface area contributed by atoms with E-state index in [1.54, 1.807) is 14.2 Å². The molecule has 26 heavy (non-hydrogen) atoms. The number of methoxy groups -OCH3 is 2. The molecule has 0 aliphatic heterocycles. The van der Waals surface area contributed by atoms with E-state index in [-0.39, 0.29) is 16.7 Å². The van der Waals surface area contributed by atoms with Gasteiger partial charge in [-0.05, 0) is 34.4 Å². The molecule has 2 nitrogen and oxygen atoms in total. The molecule has 2 aromatic rings. The van der Waals surface area contributed by atoms with Gasteiger partial charge in [-0.1, -0.05) is 71.9 Å². The second kappa shape index (κ2) is 7.73. The molecule has 0 saturated heterocycles. The van der Waals surface area contributed by atoms with E-state index in [4.69, 9.17) is 9.47 Å². The van der Waals surface area contributed by atoms with Crippen LogP contribution in [0.25, 0.3) is 0 Å². The standard InChI is InChI=1S/C24H34O2/c1-23(2,3)16-21(17-9-11-18(12-10-17)24(4,5)6)20-14-13-19(25-7)15-22(20)26-8/h9-15,21H,16H2,1-8H3. The molecule has 2 heteroatoms.